The summed E-state index contributed by atoms with van der Waals surface area (Å²) >= 11 is 0. The van der Waals surface area contributed by atoms with Gasteiger partial charge in [0.2, 0.25) is 11.8 Å². The van der Waals surface area contributed by atoms with Gasteiger partial charge in [0, 0.05) is 12.0 Å². The number of aryl methyl sites for hydroxylation is 1. The van der Waals surface area contributed by atoms with Crippen LogP contribution in [0.1, 0.15) is 28.8 Å². The lowest BCUT2D eigenvalue weighted by Crippen LogP contribution is -2.52. The molecule has 100 valence electrons. The van der Waals surface area contributed by atoms with Crippen molar-refractivity contribution in [3.05, 3.63) is 35.1 Å². The topological polar surface area (TPSA) is 75.3 Å². The molecular weight excluding hydrogens is 251 g/mol. The highest BCUT2D eigenvalue weighted by molar-refractivity contribution is 6.04. The van der Waals surface area contributed by atoms with E-state index in [0.717, 1.165) is 0 Å². The monoisotopic (exact) mass is 264 g/mol. The second-order valence-corrected chi connectivity index (χ2v) is 4.44. The Morgan fingerprint density at radius 1 is 1.42 bits per heavy atom. The van der Waals surface area contributed by atoms with E-state index < -0.39 is 23.7 Å². The fraction of sp³-hybridized carbons (Fsp3) is 0.308. The van der Waals surface area contributed by atoms with Crippen molar-refractivity contribution in [3.63, 3.8) is 0 Å². The van der Waals surface area contributed by atoms with E-state index in [4.69, 9.17) is 0 Å². The molecule has 0 aromatic heterocycles. The van der Waals surface area contributed by atoms with Crippen LogP contribution in [0.25, 0.3) is 0 Å². The number of piperidine rings is 1. The van der Waals surface area contributed by atoms with Crippen molar-refractivity contribution in [2.75, 3.05) is 0 Å². The van der Waals surface area contributed by atoms with Crippen LogP contribution in [0.15, 0.2) is 18.2 Å². The van der Waals surface area contributed by atoms with E-state index in [9.17, 15) is 18.8 Å². The van der Waals surface area contributed by atoms with Gasteiger partial charge in [0.15, 0.2) is 0 Å². The zero-order valence-corrected chi connectivity index (χ0v) is 10.3. The predicted molar refractivity (Wildman–Crippen MR) is 64.8 cm³/mol. The summed E-state index contributed by atoms with van der Waals surface area (Å²) in [5.41, 5.74) is 0.802. The molecule has 0 radical (unpaired) electrons. The molecule has 1 unspecified atom stereocenters. The van der Waals surface area contributed by atoms with Crippen LogP contribution in [0.3, 0.4) is 0 Å². The smallest absolute Gasteiger partial charge is 0.252 e. The molecule has 1 heterocycles. The van der Waals surface area contributed by atoms with Crippen LogP contribution in [0.2, 0.25) is 0 Å². The van der Waals surface area contributed by atoms with Gasteiger partial charge in [-0.15, -0.1) is 0 Å². The summed E-state index contributed by atoms with van der Waals surface area (Å²) in [7, 11) is 0. The van der Waals surface area contributed by atoms with Crippen molar-refractivity contribution >= 4 is 17.7 Å². The Morgan fingerprint density at radius 2 is 2.16 bits per heavy atom. The Kier molecular flexibility index (Phi) is 3.59. The molecule has 2 rings (SSSR count). The summed E-state index contributed by atoms with van der Waals surface area (Å²) in [6.45, 7) is 1.61. The van der Waals surface area contributed by atoms with E-state index in [1.54, 1.807) is 6.92 Å². The van der Waals surface area contributed by atoms with Gasteiger partial charge in [0.1, 0.15) is 11.9 Å². The molecule has 3 amide bonds. The van der Waals surface area contributed by atoms with Gasteiger partial charge in [-0.1, -0.05) is 0 Å². The standard InChI is InChI=1S/C13H13FN2O3/c1-7-6-8(14)2-3-9(7)12(18)15-10-4-5-11(17)16-13(10)19/h2-3,6,10H,4-5H2,1H3,(H,15,18)(H,16,17,19). The zero-order chi connectivity index (χ0) is 14.0. The predicted octanol–water partition coefficient (Wildman–Crippen LogP) is 0.669. The highest BCUT2D eigenvalue weighted by Gasteiger charge is 2.28. The van der Waals surface area contributed by atoms with Crippen molar-refractivity contribution in [3.8, 4) is 0 Å². The lowest BCUT2D eigenvalue weighted by Gasteiger charge is -2.22. The molecule has 6 heteroatoms. The summed E-state index contributed by atoms with van der Waals surface area (Å²) in [5.74, 6) is -1.72. The molecule has 19 heavy (non-hydrogen) atoms. The van der Waals surface area contributed by atoms with Crippen molar-refractivity contribution in [2.24, 2.45) is 0 Å². The van der Waals surface area contributed by atoms with Crippen molar-refractivity contribution < 1.29 is 18.8 Å². The van der Waals surface area contributed by atoms with E-state index in [0.29, 0.717) is 11.1 Å². The van der Waals surface area contributed by atoms with Gasteiger partial charge in [-0.2, -0.15) is 0 Å². The number of halogens is 1. The highest BCUT2D eigenvalue weighted by atomic mass is 19.1. The van der Waals surface area contributed by atoms with Crippen LogP contribution in [0.4, 0.5) is 4.39 Å². The first-order chi connectivity index (χ1) is 8.97. The molecule has 1 aliphatic heterocycles. The van der Waals surface area contributed by atoms with E-state index in [-0.39, 0.29) is 18.7 Å². The molecule has 0 aliphatic carbocycles. The van der Waals surface area contributed by atoms with Crippen molar-refractivity contribution in [1.82, 2.24) is 10.6 Å². The zero-order valence-electron chi connectivity index (χ0n) is 10.3. The minimum atomic E-state index is -0.727. The molecule has 1 aromatic carbocycles. The molecule has 5 nitrogen and oxygen atoms in total. The molecular formula is C13H13FN2O3. The normalized spacial score (nSPS) is 18.9. The number of carbonyl (C=O) groups excluding carboxylic acids is 3. The minimum absolute atomic E-state index is 0.194. The average molecular weight is 264 g/mol. The van der Waals surface area contributed by atoms with Crippen LogP contribution in [0.5, 0.6) is 0 Å². The van der Waals surface area contributed by atoms with Gasteiger partial charge >= 0.3 is 0 Å². The number of amides is 3. The molecule has 1 aliphatic rings. The van der Waals surface area contributed by atoms with Crippen molar-refractivity contribution in [1.29, 1.82) is 0 Å². The summed E-state index contributed by atoms with van der Waals surface area (Å²) in [6, 6.07) is 3.08. The van der Waals surface area contributed by atoms with Gasteiger partial charge in [0.05, 0.1) is 0 Å². The molecule has 1 aromatic rings. The summed E-state index contributed by atoms with van der Waals surface area (Å²) in [4.78, 5) is 34.5. The quantitative estimate of drug-likeness (QED) is 0.771. The average Bonchev–Trinajstić information content (AvgIpc) is 2.32. The summed E-state index contributed by atoms with van der Waals surface area (Å²) in [6.07, 6.45) is 0.468. The Balaban J connectivity index is 2.09. The lowest BCUT2D eigenvalue weighted by atomic mass is 10.0. The van der Waals surface area contributed by atoms with Crippen molar-refractivity contribution in [2.45, 2.75) is 25.8 Å². The Labute approximate surface area is 109 Å². The summed E-state index contributed by atoms with van der Waals surface area (Å²) in [5, 5.41) is 4.70. The van der Waals surface area contributed by atoms with Gasteiger partial charge in [-0.05, 0) is 37.1 Å². The van der Waals surface area contributed by atoms with E-state index in [1.165, 1.54) is 18.2 Å². The number of carbonyl (C=O) groups is 3. The van der Waals surface area contributed by atoms with Crippen LogP contribution in [-0.2, 0) is 9.59 Å². The second kappa shape index (κ2) is 5.17. The fourth-order valence-electron chi connectivity index (χ4n) is 1.95. The number of hydrogen-bond acceptors (Lipinski definition) is 3. The van der Waals surface area contributed by atoms with Crippen LogP contribution >= 0.6 is 0 Å². The van der Waals surface area contributed by atoms with E-state index in [2.05, 4.69) is 10.6 Å². The first kappa shape index (κ1) is 13.2. The molecule has 0 saturated carbocycles. The first-order valence-corrected chi connectivity index (χ1v) is 5.88. The largest absolute Gasteiger partial charge is 0.340 e. The minimum Gasteiger partial charge on any atom is -0.340 e. The van der Waals surface area contributed by atoms with Gasteiger partial charge in [0.25, 0.3) is 5.91 Å². The number of imide groups is 1. The number of benzene rings is 1. The molecule has 1 fully saturated rings. The Morgan fingerprint density at radius 3 is 2.79 bits per heavy atom. The van der Waals surface area contributed by atoms with Crippen LogP contribution in [-0.4, -0.2) is 23.8 Å². The lowest BCUT2D eigenvalue weighted by molar-refractivity contribution is -0.134. The number of rotatable bonds is 2. The van der Waals surface area contributed by atoms with E-state index in [1.807, 2.05) is 0 Å². The molecule has 0 spiro atoms. The second-order valence-electron chi connectivity index (χ2n) is 4.44. The maximum Gasteiger partial charge on any atom is 0.252 e. The Hall–Kier alpha value is -2.24. The molecule has 1 atom stereocenters. The van der Waals surface area contributed by atoms with Gasteiger partial charge < -0.3 is 5.32 Å². The third-order valence-electron chi connectivity index (χ3n) is 2.98. The number of nitrogens with one attached hydrogen (secondary N) is 2. The van der Waals surface area contributed by atoms with Gasteiger partial charge in [-0.25, -0.2) is 4.39 Å². The van der Waals surface area contributed by atoms with Crippen LogP contribution in [0, 0.1) is 12.7 Å². The van der Waals surface area contributed by atoms with Crippen LogP contribution < -0.4 is 10.6 Å². The summed E-state index contributed by atoms with van der Waals surface area (Å²) < 4.78 is 12.9. The highest BCUT2D eigenvalue weighted by Crippen LogP contribution is 2.11. The third-order valence-corrected chi connectivity index (χ3v) is 2.98. The molecule has 1 saturated heterocycles. The Bertz CT molecular complexity index is 557. The first-order valence-electron chi connectivity index (χ1n) is 5.88. The maximum absolute atomic E-state index is 12.9. The SMILES string of the molecule is Cc1cc(F)ccc1C(=O)NC1CCC(=O)NC1=O. The maximum atomic E-state index is 12.9. The van der Waals surface area contributed by atoms with Gasteiger partial charge in [-0.3, -0.25) is 19.7 Å². The fourth-order valence-corrected chi connectivity index (χ4v) is 1.95. The van der Waals surface area contributed by atoms with E-state index >= 15 is 0 Å². The number of hydrogen-bond donors (Lipinski definition) is 2. The molecule has 2 N–H and O–H groups in total. The third kappa shape index (κ3) is 2.96. The molecule has 0 bridgehead atoms.